The molecule has 0 aliphatic heterocycles. The fourth-order valence-corrected chi connectivity index (χ4v) is 6.38. The number of methoxy groups -OCH3 is 2. The van der Waals surface area contributed by atoms with Crippen LogP contribution in [0.1, 0.15) is 28.3 Å². The van der Waals surface area contributed by atoms with Crippen molar-refractivity contribution in [1.29, 1.82) is 0 Å². The first kappa shape index (κ1) is 27.8. The molecule has 0 amide bonds. The van der Waals surface area contributed by atoms with Crippen molar-refractivity contribution >= 4 is 34.4 Å². The fourth-order valence-electron chi connectivity index (χ4n) is 5.32. The van der Waals surface area contributed by atoms with Crippen LogP contribution in [0.2, 0.25) is 0 Å². The zero-order chi connectivity index (χ0) is 29.1. The lowest BCUT2D eigenvalue weighted by Crippen LogP contribution is -2.22. The molecule has 9 heteroatoms. The minimum Gasteiger partial charge on any atom is -0.493 e. The van der Waals surface area contributed by atoms with Gasteiger partial charge in [-0.3, -0.25) is 0 Å². The second-order valence-corrected chi connectivity index (χ2v) is 11.1. The smallest absolute Gasteiger partial charge is 0.225 e. The molecule has 0 fully saturated rings. The Morgan fingerprint density at radius 1 is 0.857 bits per heavy atom. The van der Waals surface area contributed by atoms with Gasteiger partial charge in [-0.25, -0.2) is 4.98 Å². The number of nitrogens with one attached hydrogen (secondary N) is 2. The number of hydrogen-bond acceptors (Lipinski definition) is 9. The SMILES string of the molecule is COc1cc2nc(NCc3ccccc3Sc3ccccc3CO)nc(N[C@H]3c4ccccc4C[C@H]3O)c2cc1OC. The molecule has 1 aromatic heterocycles. The highest BCUT2D eigenvalue weighted by atomic mass is 32.2. The highest BCUT2D eigenvalue weighted by Gasteiger charge is 2.31. The highest BCUT2D eigenvalue weighted by Crippen LogP contribution is 2.39. The molecule has 0 unspecified atom stereocenters. The Balaban J connectivity index is 1.34. The molecule has 0 spiro atoms. The minimum atomic E-state index is -0.588. The standard InChI is InChI=1S/C33H32N4O4S/c1-40-27-16-24-25(17-28(27)41-2)35-33(37-32(24)36-31-23-12-6-3-9-20(23)15-26(31)39)34-18-21-10-4-7-13-29(21)42-30-14-8-5-11-22(30)19-38/h3-14,16-17,26,31,38-39H,15,18-19H2,1-2H3,(H2,34,35,36,37)/t26-,31+/m1/s1. The first-order valence-electron chi connectivity index (χ1n) is 13.7. The molecule has 2 atom stereocenters. The molecule has 0 bridgehead atoms. The molecule has 0 saturated carbocycles. The Kier molecular flexibility index (Phi) is 8.14. The van der Waals surface area contributed by atoms with Crippen molar-refractivity contribution in [3.05, 3.63) is 107 Å². The number of rotatable bonds is 10. The fraction of sp³-hybridized carbons (Fsp3) is 0.212. The van der Waals surface area contributed by atoms with Gasteiger partial charge in [-0.1, -0.05) is 72.4 Å². The maximum absolute atomic E-state index is 11.0. The van der Waals surface area contributed by atoms with Crippen molar-refractivity contribution in [2.24, 2.45) is 0 Å². The van der Waals surface area contributed by atoms with Gasteiger partial charge in [0.25, 0.3) is 0 Å². The maximum atomic E-state index is 11.0. The first-order valence-corrected chi connectivity index (χ1v) is 14.5. The lowest BCUT2D eigenvalue weighted by molar-refractivity contribution is 0.165. The summed E-state index contributed by atoms with van der Waals surface area (Å²) in [7, 11) is 3.19. The van der Waals surface area contributed by atoms with Crippen LogP contribution in [-0.2, 0) is 19.6 Å². The Morgan fingerprint density at radius 3 is 2.29 bits per heavy atom. The number of anilines is 2. The molecule has 1 heterocycles. The van der Waals surface area contributed by atoms with Crippen LogP contribution in [0, 0.1) is 0 Å². The summed E-state index contributed by atoms with van der Waals surface area (Å²) in [5, 5.41) is 28.4. The maximum Gasteiger partial charge on any atom is 0.225 e. The van der Waals surface area contributed by atoms with E-state index in [1.165, 1.54) is 0 Å². The summed E-state index contributed by atoms with van der Waals surface area (Å²) < 4.78 is 11.1. The van der Waals surface area contributed by atoms with E-state index in [9.17, 15) is 10.2 Å². The minimum absolute atomic E-state index is 0.0152. The normalized spacial score (nSPS) is 15.8. The van der Waals surface area contributed by atoms with Gasteiger partial charge in [-0.15, -0.1) is 0 Å². The van der Waals surface area contributed by atoms with E-state index in [-0.39, 0.29) is 12.6 Å². The van der Waals surface area contributed by atoms with Gasteiger partial charge in [0.1, 0.15) is 5.82 Å². The third kappa shape index (κ3) is 5.59. The molecule has 4 N–H and O–H groups in total. The number of aliphatic hydroxyl groups excluding tert-OH is 2. The van der Waals surface area contributed by atoms with Gasteiger partial charge in [0.2, 0.25) is 5.95 Å². The number of hydrogen-bond donors (Lipinski definition) is 4. The van der Waals surface area contributed by atoms with Crippen LogP contribution in [0.15, 0.2) is 94.7 Å². The molecule has 1 aliphatic carbocycles. The monoisotopic (exact) mass is 580 g/mol. The van der Waals surface area contributed by atoms with Crippen molar-refractivity contribution in [3.8, 4) is 11.5 Å². The molecular weight excluding hydrogens is 548 g/mol. The molecule has 42 heavy (non-hydrogen) atoms. The van der Waals surface area contributed by atoms with E-state index in [1.54, 1.807) is 26.0 Å². The predicted molar refractivity (Wildman–Crippen MR) is 165 cm³/mol. The second kappa shape index (κ2) is 12.3. The average Bonchev–Trinajstić information content (AvgIpc) is 3.34. The molecule has 0 saturated heterocycles. The van der Waals surface area contributed by atoms with Gasteiger partial charge in [0, 0.05) is 34.2 Å². The number of ether oxygens (including phenoxy) is 2. The number of benzene rings is 4. The first-order chi connectivity index (χ1) is 20.6. The van der Waals surface area contributed by atoms with E-state index >= 15 is 0 Å². The lowest BCUT2D eigenvalue weighted by Gasteiger charge is -2.21. The number of aromatic nitrogens is 2. The predicted octanol–water partition coefficient (Wildman–Crippen LogP) is 5.97. The van der Waals surface area contributed by atoms with Gasteiger partial charge >= 0.3 is 0 Å². The van der Waals surface area contributed by atoms with Gasteiger partial charge in [0.05, 0.1) is 38.5 Å². The molecule has 214 valence electrons. The summed E-state index contributed by atoms with van der Waals surface area (Å²) in [4.78, 5) is 11.8. The van der Waals surface area contributed by atoms with E-state index in [0.717, 1.165) is 37.4 Å². The molecule has 5 aromatic rings. The number of aliphatic hydroxyl groups is 2. The summed E-state index contributed by atoms with van der Waals surface area (Å²) in [6.45, 7) is 0.469. The summed E-state index contributed by atoms with van der Waals surface area (Å²) in [5.74, 6) is 2.16. The molecule has 6 rings (SSSR count). The van der Waals surface area contributed by atoms with E-state index in [0.29, 0.717) is 41.7 Å². The number of nitrogens with zero attached hydrogens (tertiary/aromatic N) is 2. The summed E-state index contributed by atoms with van der Waals surface area (Å²) in [6, 6.07) is 27.4. The van der Waals surface area contributed by atoms with Gasteiger partial charge < -0.3 is 30.3 Å². The van der Waals surface area contributed by atoms with Crippen molar-refractivity contribution in [2.45, 2.75) is 41.5 Å². The second-order valence-electron chi connectivity index (χ2n) is 10.0. The van der Waals surface area contributed by atoms with E-state index < -0.39 is 6.10 Å². The van der Waals surface area contributed by atoms with Gasteiger partial charge in [0.15, 0.2) is 11.5 Å². The van der Waals surface area contributed by atoms with Crippen molar-refractivity contribution in [1.82, 2.24) is 9.97 Å². The van der Waals surface area contributed by atoms with Crippen LogP contribution < -0.4 is 20.1 Å². The molecule has 0 radical (unpaired) electrons. The van der Waals surface area contributed by atoms with Crippen LogP contribution in [0.5, 0.6) is 11.5 Å². The van der Waals surface area contributed by atoms with Crippen molar-refractivity contribution in [3.63, 3.8) is 0 Å². The van der Waals surface area contributed by atoms with Crippen LogP contribution in [0.25, 0.3) is 10.9 Å². The lowest BCUT2D eigenvalue weighted by atomic mass is 10.1. The van der Waals surface area contributed by atoms with E-state index in [4.69, 9.17) is 19.4 Å². The topological polar surface area (TPSA) is 109 Å². The Hall–Kier alpha value is -4.31. The molecular formula is C33H32N4O4S. The molecule has 8 nitrogen and oxygen atoms in total. The molecule has 4 aromatic carbocycles. The van der Waals surface area contributed by atoms with Crippen molar-refractivity contribution in [2.75, 3.05) is 24.9 Å². The van der Waals surface area contributed by atoms with E-state index in [1.807, 2.05) is 72.8 Å². The van der Waals surface area contributed by atoms with Crippen LogP contribution in [-0.4, -0.2) is 40.5 Å². The quantitative estimate of drug-likeness (QED) is 0.159. The summed E-state index contributed by atoms with van der Waals surface area (Å²) in [5.41, 5.74) is 4.81. The van der Waals surface area contributed by atoms with Gasteiger partial charge in [-0.05, 0) is 40.5 Å². The Bertz CT molecular complexity index is 1730. The zero-order valence-electron chi connectivity index (χ0n) is 23.4. The zero-order valence-corrected chi connectivity index (χ0v) is 24.2. The van der Waals surface area contributed by atoms with Crippen LogP contribution in [0.3, 0.4) is 0 Å². The Labute approximate surface area is 248 Å². The Morgan fingerprint density at radius 2 is 1.52 bits per heavy atom. The highest BCUT2D eigenvalue weighted by molar-refractivity contribution is 7.99. The summed E-state index contributed by atoms with van der Waals surface area (Å²) >= 11 is 1.62. The molecule has 1 aliphatic rings. The third-order valence-corrected chi connectivity index (χ3v) is 8.71. The van der Waals surface area contributed by atoms with Crippen LogP contribution >= 0.6 is 11.8 Å². The third-order valence-electron chi connectivity index (χ3n) is 7.47. The van der Waals surface area contributed by atoms with Crippen molar-refractivity contribution < 1.29 is 19.7 Å². The number of fused-ring (bicyclic) bond motifs is 2. The average molecular weight is 581 g/mol. The van der Waals surface area contributed by atoms with Gasteiger partial charge in [-0.2, -0.15) is 4.98 Å². The summed E-state index contributed by atoms with van der Waals surface area (Å²) in [6.07, 6.45) is -0.0119. The largest absolute Gasteiger partial charge is 0.493 e. The van der Waals surface area contributed by atoms with Crippen LogP contribution in [0.4, 0.5) is 11.8 Å². The van der Waals surface area contributed by atoms with E-state index in [2.05, 4.69) is 22.8 Å².